The molecule has 1 aliphatic rings. The van der Waals surface area contributed by atoms with E-state index in [0.717, 1.165) is 18.3 Å². The predicted molar refractivity (Wildman–Crippen MR) is 83.4 cm³/mol. The van der Waals surface area contributed by atoms with Gasteiger partial charge >= 0.3 is 6.18 Å². The Morgan fingerprint density at radius 1 is 1.44 bits per heavy atom. The summed E-state index contributed by atoms with van der Waals surface area (Å²) in [5, 5.41) is 9.98. The minimum absolute atomic E-state index is 0.0107. The molecule has 2 amide bonds. The molecule has 1 unspecified atom stereocenters. The molecule has 9 heteroatoms. The SMILES string of the molecule is CC(C)CC1CC(O)=C(C(N)=O)C(=O)N1c1ccc(C(F)(F)F)nc1. The number of halogens is 3. The Labute approximate surface area is 142 Å². The van der Waals surface area contributed by atoms with E-state index in [1.807, 2.05) is 13.8 Å². The lowest BCUT2D eigenvalue weighted by molar-refractivity contribution is -0.141. The second-order valence-corrected chi connectivity index (χ2v) is 6.25. The molecule has 2 heterocycles. The van der Waals surface area contributed by atoms with Crippen LogP contribution in [-0.4, -0.2) is 27.9 Å². The molecule has 3 N–H and O–H groups in total. The van der Waals surface area contributed by atoms with Crippen LogP contribution in [0.1, 0.15) is 32.4 Å². The molecule has 136 valence electrons. The number of aliphatic hydroxyl groups excluding tert-OH is 1. The van der Waals surface area contributed by atoms with Crippen molar-refractivity contribution < 1.29 is 27.9 Å². The number of nitrogens with zero attached hydrogens (tertiary/aromatic N) is 2. The van der Waals surface area contributed by atoms with Crippen LogP contribution in [0.3, 0.4) is 0 Å². The highest BCUT2D eigenvalue weighted by molar-refractivity contribution is 6.24. The van der Waals surface area contributed by atoms with E-state index in [1.54, 1.807) is 0 Å². The van der Waals surface area contributed by atoms with E-state index in [2.05, 4.69) is 4.98 Å². The van der Waals surface area contributed by atoms with E-state index >= 15 is 0 Å². The highest BCUT2D eigenvalue weighted by Crippen LogP contribution is 2.33. The van der Waals surface area contributed by atoms with E-state index in [4.69, 9.17) is 5.73 Å². The molecule has 0 saturated carbocycles. The summed E-state index contributed by atoms with van der Waals surface area (Å²) in [7, 11) is 0. The molecule has 0 bridgehead atoms. The molecule has 0 aromatic carbocycles. The third-order valence-electron chi connectivity index (χ3n) is 3.82. The first-order valence-corrected chi connectivity index (χ1v) is 7.61. The summed E-state index contributed by atoms with van der Waals surface area (Å²) in [6, 6.07) is 1.35. The summed E-state index contributed by atoms with van der Waals surface area (Å²) >= 11 is 0. The maximum atomic E-state index is 12.7. The van der Waals surface area contributed by atoms with E-state index in [1.165, 1.54) is 4.90 Å². The van der Waals surface area contributed by atoms with Crippen molar-refractivity contribution in [3.8, 4) is 0 Å². The summed E-state index contributed by atoms with van der Waals surface area (Å²) < 4.78 is 38.0. The summed E-state index contributed by atoms with van der Waals surface area (Å²) in [6.07, 6.45) is -3.21. The van der Waals surface area contributed by atoms with Gasteiger partial charge in [0.2, 0.25) is 0 Å². The molecule has 1 aromatic rings. The van der Waals surface area contributed by atoms with Crippen molar-refractivity contribution in [1.82, 2.24) is 4.98 Å². The lowest BCUT2D eigenvalue weighted by atomic mass is 9.92. The van der Waals surface area contributed by atoms with Gasteiger partial charge in [0.05, 0.1) is 11.9 Å². The zero-order valence-corrected chi connectivity index (χ0v) is 13.7. The number of hydrogen-bond acceptors (Lipinski definition) is 4. The number of carbonyl (C=O) groups is 2. The van der Waals surface area contributed by atoms with Crippen LogP contribution in [0.5, 0.6) is 0 Å². The minimum atomic E-state index is -4.60. The van der Waals surface area contributed by atoms with Crippen molar-refractivity contribution in [1.29, 1.82) is 0 Å². The normalized spacial score (nSPS) is 18.9. The maximum absolute atomic E-state index is 12.7. The zero-order valence-electron chi connectivity index (χ0n) is 13.7. The lowest BCUT2D eigenvalue weighted by Crippen LogP contribution is -2.48. The Morgan fingerprint density at radius 2 is 2.08 bits per heavy atom. The number of hydrogen-bond donors (Lipinski definition) is 2. The van der Waals surface area contributed by atoms with Gasteiger partial charge in [-0.2, -0.15) is 13.2 Å². The van der Waals surface area contributed by atoms with Crippen LogP contribution in [0.2, 0.25) is 0 Å². The number of amides is 2. The Kier molecular flexibility index (Phi) is 5.05. The number of nitrogens with two attached hydrogens (primary N) is 1. The van der Waals surface area contributed by atoms with Gasteiger partial charge in [-0.05, 0) is 24.5 Å². The van der Waals surface area contributed by atoms with Gasteiger partial charge < -0.3 is 15.7 Å². The van der Waals surface area contributed by atoms with E-state index in [0.29, 0.717) is 6.42 Å². The van der Waals surface area contributed by atoms with Gasteiger partial charge in [0.25, 0.3) is 11.8 Å². The summed E-state index contributed by atoms with van der Waals surface area (Å²) in [5.41, 5.74) is 3.61. The number of rotatable bonds is 4. The van der Waals surface area contributed by atoms with Gasteiger partial charge in [-0.25, -0.2) is 4.98 Å². The highest BCUT2D eigenvalue weighted by Gasteiger charge is 2.39. The van der Waals surface area contributed by atoms with Crippen LogP contribution < -0.4 is 10.6 Å². The van der Waals surface area contributed by atoms with E-state index < -0.39 is 41.1 Å². The molecule has 0 fully saturated rings. The maximum Gasteiger partial charge on any atom is 0.433 e. The van der Waals surface area contributed by atoms with Gasteiger partial charge in [0.15, 0.2) is 0 Å². The number of pyridine rings is 1. The second-order valence-electron chi connectivity index (χ2n) is 6.25. The summed E-state index contributed by atoms with van der Waals surface area (Å²) in [4.78, 5) is 28.6. The van der Waals surface area contributed by atoms with Gasteiger partial charge in [0, 0.05) is 12.5 Å². The number of primary amides is 1. The molecule has 2 rings (SSSR count). The molecule has 1 aromatic heterocycles. The Morgan fingerprint density at radius 3 is 2.52 bits per heavy atom. The molecular formula is C16H18F3N3O3. The number of aliphatic hydroxyl groups is 1. The molecule has 6 nitrogen and oxygen atoms in total. The van der Waals surface area contributed by atoms with E-state index in [-0.39, 0.29) is 18.0 Å². The average Bonchev–Trinajstić information content (AvgIpc) is 2.45. The van der Waals surface area contributed by atoms with Crippen LogP contribution in [0, 0.1) is 5.92 Å². The average molecular weight is 357 g/mol. The van der Waals surface area contributed by atoms with Crippen molar-refractivity contribution in [2.24, 2.45) is 11.7 Å². The van der Waals surface area contributed by atoms with Crippen LogP contribution in [-0.2, 0) is 15.8 Å². The summed E-state index contributed by atoms with van der Waals surface area (Å²) in [5.74, 6) is -2.19. The first kappa shape index (κ1) is 18.8. The molecule has 25 heavy (non-hydrogen) atoms. The second kappa shape index (κ2) is 6.73. The molecule has 0 radical (unpaired) electrons. The number of carbonyl (C=O) groups excluding carboxylic acids is 2. The van der Waals surface area contributed by atoms with Gasteiger partial charge in [0.1, 0.15) is 17.0 Å². The monoisotopic (exact) mass is 357 g/mol. The fourth-order valence-corrected chi connectivity index (χ4v) is 2.83. The van der Waals surface area contributed by atoms with Crippen molar-refractivity contribution in [3.05, 3.63) is 35.4 Å². The summed E-state index contributed by atoms with van der Waals surface area (Å²) in [6.45, 7) is 3.80. The van der Waals surface area contributed by atoms with Crippen LogP contribution >= 0.6 is 0 Å². The fourth-order valence-electron chi connectivity index (χ4n) is 2.83. The molecule has 0 aliphatic carbocycles. The molecular weight excluding hydrogens is 339 g/mol. The van der Waals surface area contributed by atoms with Gasteiger partial charge in [-0.1, -0.05) is 13.8 Å². The largest absolute Gasteiger partial charge is 0.511 e. The number of aromatic nitrogens is 1. The molecule has 0 saturated heterocycles. The predicted octanol–water partition coefficient (Wildman–Crippen LogP) is 2.55. The Balaban J connectivity index is 2.46. The standard InChI is InChI=1S/C16H18F3N3O3/c1-8(2)5-10-6-11(23)13(14(20)24)15(25)22(10)9-3-4-12(21-7-9)16(17,18)19/h3-4,7-8,10,23H,5-6H2,1-2H3,(H2,20,24). The molecule has 0 spiro atoms. The smallest absolute Gasteiger partial charge is 0.433 e. The zero-order chi connectivity index (χ0) is 18.9. The topological polar surface area (TPSA) is 96.5 Å². The van der Waals surface area contributed by atoms with Crippen LogP contribution in [0.4, 0.5) is 18.9 Å². The minimum Gasteiger partial charge on any atom is -0.511 e. The Bertz CT molecular complexity index is 712. The molecule has 1 aliphatic heterocycles. The van der Waals surface area contributed by atoms with Crippen molar-refractivity contribution in [2.45, 2.75) is 38.9 Å². The van der Waals surface area contributed by atoms with Gasteiger partial charge in [-0.3, -0.25) is 9.59 Å². The van der Waals surface area contributed by atoms with Crippen molar-refractivity contribution in [2.75, 3.05) is 4.90 Å². The number of alkyl halides is 3. The van der Waals surface area contributed by atoms with E-state index in [9.17, 15) is 27.9 Å². The van der Waals surface area contributed by atoms with Crippen molar-refractivity contribution in [3.63, 3.8) is 0 Å². The lowest BCUT2D eigenvalue weighted by Gasteiger charge is -2.36. The third kappa shape index (κ3) is 3.92. The van der Waals surface area contributed by atoms with Crippen molar-refractivity contribution >= 4 is 17.5 Å². The highest BCUT2D eigenvalue weighted by atomic mass is 19.4. The Hall–Kier alpha value is -2.58. The first-order valence-electron chi connectivity index (χ1n) is 7.61. The van der Waals surface area contributed by atoms with Crippen LogP contribution in [0.15, 0.2) is 29.7 Å². The van der Waals surface area contributed by atoms with Crippen LogP contribution in [0.25, 0.3) is 0 Å². The fraction of sp³-hybridized carbons (Fsp3) is 0.438. The van der Waals surface area contributed by atoms with Gasteiger partial charge in [-0.15, -0.1) is 0 Å². The quantitative estimate of drug-likeness (QED) is 0.810. The first-order chi connectivity index (χ1) is 11.5. The third-order valence-corrected chi connectivity index (χ3v) is 3.82. The number of anilines is 1. The molecule has 1 atom stereocenters.